The molecule has 25 heavy (non-hydrogen) atoms. The van der Waals surface area contributed by atoms with Crippen molar-refractivity contribution in [2.24, 2.45) is 0 Å². The summed E-state index contributed by atoms with van der Waals surface area (Å²) in [5.41, 5.74) is 1.76. The third-order valence-corrected chi connectivity index (χ3v) is 5.35. The highest BCUT2D eigenvalue weighted by Gasteiger charge is 2.26. The molecule has 1 fully saturated rings. The molecule has 1 saturated heterocycles. The van der Waals surface area contributed by atoms with Gasteiger partial charge in [0.25, 0.3) is 0 Å². The van der Waals surface area contributed by atoms with Gasteiger partial charge in [-0.1, -0.05) is 6.07 Å². The lowest BCUT2D eigenvalue weighted by Gasteiger charge is -2.33. The third-order valence-electron chi connectivity index (χ3n) is 5.35. The van der Waals surface area contributed by atoms with Crippen LogP contribution in [0.25, 0.3) is 0 Å². The lowest BCUT2D eigenvalue weighted by Crippen LogP contribution is -2.34. The summed E-state index contributed by atoms with van der Waals surface area (Å²) in [7, 11) is 1.38. The normalized spacial score (nSPS) is 18.0. The van der Waals surface area contributed by atoms with E-state index in [1.165, 1.54) is 31.5 Å². The predicted molar refractivity (Wildman–Crippen MR) is 94.9 cm³/mol. The van der Waals surface area contributed by atoms with Gasteiger partial charge < -0.3 is 14.2 Å². The number of hydrogen-bond donors (Lipinski definition) is 0. The van der Waals surface area contributed by atoms with Gasteiger partial charge in [-0.15, -0.1) is 0 Å². The first kappa shape index (κ1) is 16.1. The van der Waals surface area contributed by atoms with Crippen LogP contribution in [0.15, 0.2) is 24.4 Å². The number of ether oxygens (including phenoxy) is 1. The highest BCUT2D eigenvalue weighted by atomic mass is 16.5. The molecular formula is C19H24N4O2. The quantitative estimate of drug-likeness (QED) is 0.804. The fourth-order valence-electron chi connectivity index (χ4n) is 3.97. The zero-order valence-electron chi connectivity index (χ0n) is 14.6. The summed E-state index contributed by atoms with van der Waals surface area (Å²) in [6.45, 7) is 2.99. The van der Waals surface area contributed by atoms with Gasteiger partial charge in [0.15, 0.2) is 5.69 Å². The number of fused-ring (bicyclic) bond motifs is 1. The van der Waals surface area contributed by atoms with Crippen LogP contribution in [0.5, 0.6) is 0 Å². The summed E-state index contributed by atoms with van der Waals surface area (Å²) in [5, 5.41) is 0. The molecule has 0 unspecified atom stereocenters. The molecule has 0 amide bonds. The van der Waals surface area contributed by atoms with Crippen LogP contribution >= 0.6 is 0 Å². The molecule has 0 bridgehead atoms. The van der Waals surface area contributed by atoms with E-state index in [4.69, 9.17) is 9.72 Å². The van der Waals surface area contributed by atoms with Crippen molar-refractivity contribution in [2.45, 2.75) is 44.6 Å². The van der Waals surface area contributed by atoms with Gasteiger partial charge >= 0.3 is 5.97 Å². The van der Waals surface area contributed by atoms with E-state index in [9.17, 15) is 4.79 Å². The summed E-state index contributed by atoms with van der Waals surface area (Å²) < 4.78 is 7.21. The molecule has 2 aromatic rings. The smallest absolute Gasteiger partial charge is 0.356 e. The molecule has 0 spiro atoms. The molecule has 132 valence electrons. The minimum absolute atomic E-state index is 0.365. The van der Waals surface area contributed by atoms with Crippen LogP contribution in [0.4, 0.5) is 5.82 Å². The maximum atomic E-state index is 11.7. The van der Waals surface area contributed by atoms with Crippen molar-refractivity contribution in [3.63, 3.8) is 0 Å². The van der Waals surface area contributed by atoms with Gasteiger partial charge in [-0.25, -0.2) is 14.8 Å². The van der Waals surface area contributed by atoms with Crippen LogP contribution in [0.1, 0.15) is 53.6 Å². The number of hydrogen-bond acceptors (Lipinski definition) is 5. The fourth-order valence-corrected chi connectivity index (χ4v) is 3.97. The topological polar surface area (TPSA) is 60.2 Å². The van der Waals surface area contributed by atoms with Gasteiger partial charge in [-0.05, 0) is 44.2 Å². The zero-order valence-corrected chi connectivity index (χ0v) is 14.6. The second kappa shape index (κ2) is 6.86. The lowest BCUT2D eigenvalue weighted by atomic mass is 9.95. The van der Waals surface area contributed by atoms with Gasteiger partial charge in [0.2, 0.25) is 0 Å². The molecule has 4 heterocycles. The Kier molecular flexibility index (Phi) is 4.42. The maximum Gasteiger partial charge on any atom is 0.356 e. The monoisotopic (exact) mass is 340 g/mol. The Hall–Kier alpha value is -2.37. The second-order valence-corrected chi connectivity index (χ2v) is 6.85. The van der Waals surface area contributed by atoms with Gasteiger partial charge in [-0.2, -0.15) is 0 Å². The molecule has 0 atom stereocenters. The van der Waals surface area contributed by atoms with Crippen molar-refractivity contribution in [2.75, 3.05) is 25.1 Å². The molecule has 0 radical (unpaired) electrons. The molecule has 2 aliphatic heterocycles. The average molecular weight is 340 g/mol. The standard InChI is InChI=1S/C19H24N4O2/c1-25-19(24)16-6-4-7-17(21-16)22-11-8-14(9-12-22)18-20-13-15-5-2-3-10-23(15)18/h4,6-7,13-14H,2-3,5,8-12H2,1H3. The Morgan fingerprint density at radius 3 is 2.84 bits per heavy atom. The minimum Gasteiger partial charge on any atom is -0.464 e. The molecular weight excluding hydrogens is 316 g/mol. The first-order valence-electron chi connectivity index (χ1n) is 9.11. The van der Waals surface area contributed by atoms with Crippen LogP contribution < -0.4 is 4.90 Å². The van der Waals surface area contributed by atoms with Crippen molar-refractivity contribution < 1.29 is 9.53 Å². The van der Waals surface area contributed by atoms with E-state index in [1.807, 2.05) is 12.1 Å². The number of aryl methyl sites for hydroxylation is 1. The van der Waals surface area contributed by atoms with E-state index in [-0.39, 0.29) is 5.97 Å². The summed E-state index contributed by atoms with van der Waals surface area (Å²) >= 11 is 0. The van der Waals surface area contributed by atoms with E-state index in [0.717, 1.165) is 44.7 Å². The summed E-state index contributed by atoms with van der Waals surface area (Å²) in [5.74, 6) is 2.25. The molecule has 2 aromatic heterocycles. The van der Waals surface area contributed by atoms with E-state index < -0.39 is 0 Å². The number of aromatic nitrogens is 3. The van der Waals surface area contributed by atoms with Crippen LogP contribution in [0.3, 0.4) is 0 Å². The first-order valence-corrected chi connectivity index (χ1v) is 9.11. The minimum atomic E-state index is -0.388. The number of carbonyl (C=O) groups is 1. The van der Waals surface area contributed by atoms with E-state index in [2.05, 4.69) is 20.6 Å². The maximum absolute atomic E-state index is 11.7. The van der Waals surface area contributed by atoms with E-state index in [0.29, 0.717) is 11.6 Å². The number of pyridine rings is 1. The number of piperidine rings is 1. The molecule has 0 saturated carbocycles. The molecule has 0 aromatic carbocycles. The Bertz CT molecular complexity index is 763. The Morgan fingerprint density at radius 1 is 1.20 bits per heavy atom. The number of methoxy groups -OCH3 is 1. The Balaban J connectivity index is 1.45. The average Bonchev–Trinajstić information content (AvgIpc) is 3.12. The zero-order chi connectivity index (χ0) is 17.2. The lowest BCUT2D eigenvalue weighted by molar-refractivity contribution is 0.0594. The van der Waals surface area contributed by atoms with Crippen LogP contribution in [-0.2, 0) is 17.7 Å². The highest BCUT2D eigenvalue weighted by molar-refractivity contribution is 5.87. The third kappa shape index (κ3) is 3.13. The van der Waals surface area contributed by atoms with E-state index in [1.54, 1.807) is 6.07 Å². The van der Waals surface area contributed by atoms with Crippen molar-refractivity contribution >= 4 is 11.8 Å². The van der Waals surface area contributed by atoms with Crippen LogP contribution in [0.2, 0.25) is 0 Å². The van der Waals surface area contributed by atoms with Gasteiger partial charge in [0.05, 0.1) is 7.11 Å². The van der Waals surface area contributed by atoms with Gasteiger partial charge in [-0.3, -0.25) is 0 Å². The van der Waals surface area contributed by atoms with Crippen LogP contribution in [0, 0.1) is 0 Å². The molecule has 4 rings (SSSR count). The molecule has 0 N–H and O–H groups in total. The number of esters is 1. The number of imidazole rings is 1. The van der Waals surface area contributed by atoms with Gasteiger partial charge in [0.1, 0.15) is 11.6 Å². The fraction of sp³-hybridized carbons (Fsp3) is 0.526. The first-order chi connectivity index (χ1) is 12.3. The summed E-state index contributed by atoms with van der Waals surface area (Å²) in [6.07, 6.45) is 7.92. The van der Waals surface area contributed by atoms with Crippen molar-refractivity contribution in [3.8, 4) is 0 Å². The van der Waals surface area contributed by atoms with Crippen molar-refractivity contribution in [1.29, 1.82) is 0 Å². The van der Waals surface area contributed by atoms with Crippen molar-refractivity contribution in [3.05, 3.63) is 41.6 Å². The largest absolute Gasteiger partial charge is 0.464 e. The second-order valence-electron chi connectivity index (χ2n) is 6.85. The summed E-state index contributed by atoms with van der Waals surface area (Å²) in [6, 6.07) is 5.52. The summed E-state index contributed by atoms with van der Waals surface area (Å²) in [4.78, 5) is 23.1. The molecule has 6 nitrogen and oxygen atoms in total. The number of rotatable bonds is 3. The molecule has 0 aliphatic carbocycles. The number of anilines is 1. The molecule has 2 aliphatic rings. The Morgan fingerprint density at radius 2 is 2.04 bits per heavy atom. The number of carbonyl (C=O) groups excluding carboxylic acids is 1. The number of nitrogens with zero attached hydrogens (tertiary/aromatic N) is 4. The van der Waals surface area contributed by atoms with Crippen molar-refractivity contribution in [1.82, 2.24) is 14.5 Å². The Labute approximate surface area is 147 Å². The molecule has 6 heteroatoms. The predicted octanol–water partition coefficient (Wildman–Crippen LogP) is 2.79. The van der Waals surface area contributed by atoms with Gasteiger partial charge in [0, 0.05) is 37.4 Å². The highest BCUT2D eigenvalue weighted by Crippen LogP contribution is 2.31. The van der Waals surface area contributed by atoms with E-state index >= 15 is 0 Å². The van der Waals surface area contributed by atoms with Crippen LogP contribution in [-0.4, -0.2) is 40.7 Å². The SMILES string of the molecule is COC(=O)c1cccc(N2CCC(c3ncc4n3CCCC4)CC2)n1.